The number of carboxylic acid groups (broad SMARTS) is 1. The van der Waals surface area contributed by atoms with Crippen LogP contribution in [0.5, 0.6) is 0 Å². The SMILES string of the molecule is O=C(O)[C@@H]1C[C@@H]2CCCC[C@H]2N1Cc1coc(-c2cccc(Cl)c2)n1. The molecule has 0 bridgehead atoms. The lowest BCUT2D eigenvalue weighted by atomic mass is 9.85. The van der Waals surface area contributed by atoms with Crippen molar-refractivity contribution in [3.8, 4) is 11.5 Å². The lowest BCUT2D eigenvalue weighted by Gasteiger charge is -2.32. The van der Waals surface area contributed by atoms with Crippen molar-refractivity contribution in [2.24, 2.45) is 5.92 Å². The average molecular weight is 361 g/mol. The maximum atomic E-state index is 11.7. The van der Waals surface area contributed by atoms with Crippen molar-refractivity contribution in [2.75, 3.05) is 0 Å². The number of aliphatic carboxylic acids is 1. The van der Waals surface area contributed by atoms with Gasteiger partial charge in [-0.15, -0.1) is 0 Å². The molecule has 6 heteroatoms. The molecule has 1 aliphatic heterocycles. The maximum Gasteiger partial charge on any atom is 0.320 e. The number of carboxylic acids is 1. The fraction of sp³-hybridized carbons (Fsp3) is 0.474. The van der Waals surface area contributed by atoms with E-state index in [-0.39, 0.29) is 0 Å². The Bertz CT molecular complexity index is 776. The Hall–Kier alpha value is -1.85. The Morgan fingerprint density at radius 3 is 3.00 bits per heavy atom. The summed E-state index contributed by atoms with van der Waals surface area (Å²) in [4.78, 5) is 18.4. The summed E-state index contributed by atoms with van der Waals surface area (Å²) >= 11 is 6.03. The second kappa shape index (κ2) is 6.81. The predicted octanol–water partition coefficient (Wildman–Crippen LogP) is 4.21. The molecule has 0 amide bonds. The fourth-order valence-corrected chi connectivity index (χ4v) is 4.53. The number of halogens is 1. The molecule has 1 saturated heterocycles. The van der Waals surface area contributed by atoms with Crippen LogP contribution in [-0.4, -0.2) is 33.0 Å². The van der Waals surface area contributed by atoms with Gasteiger partial charge in [0.05, 0.1) is 5.69 Å². The number of carbonyl (C=O) groups is 1. The third-order valence-corrected chi connectivity index (χ3v) is 5.71. The zero-order valence-corrected chi connectivity index (χ0v) is 14.7. The zero-order valence-electron chi connectivity index (χ0n) is 13.9. The lowest BCUT2D eigenvalue weighted by Crippen LogP contribution is -2.41. The second-order valence-electron chi connectivity index (χ2n) is 7.03. The summed E-state index contributed by atoms with van der Waals surface area (Å²) in [5.74, 6) is 0.283. The van der Waals surface area contributed by atoms with E-state index in [1.807, 2.05) is 18.2 Å². The first-order chi connectivity index (χ1) is 12.1. The van der Waals surface area contributed by atoms with Crippen LogP contribution in [0.3, 0.4) is 0 Å². The molecule has 0 radical (unpaired) electrons. The monoisotopic (exact) mass is 360 g/mol. The van der Waals surface area contributed by atoms with E-state index >= 15 is 0 Å². The zero-order chi connectivity index (χ0) is 17.4. The highest BCUT2D eigenvalue weighted by Gasteiger charge is 2.45. The molecule has 1 N–H and O–H groups in total. The number of fused-ring (bicyclic) bond motifs is 1. The summed E-state index contributed by atoms with van der Waals surface area (Å²) in [6.45, 7) is 0.516. The summed E-state index contributed by atoms with van der Waals surface area (Å²) in [7, 11) is 0. The molecule has 5 nitrogen and oxygen atoms in total. The number of oxazole rings is 1. The van der Waals surface area contributed by atoms with Crippen LogP contribution < -0.4 is 0 Å². The molecular weight excluding hydrogens is 340 g/mol. The van der Waals surface area contributed by atoms with Crippen molar-refractivity contribution in [3.63, 3.8) is 0 Å². The molecule has 132 valence electrons. The topological polar surface area (TPSA) is 66.6 Å². The van der Waals surface area contributed by atoms with Gasteiger partial charge in [0.2, 0.25) is 5.89 Å². The van der Waals surface area contributed by atoms with E-state index in [0.29, 0.717) is 29.4 Å². The van der Waals surface area contributed by atoms with Crippen LogP contribution in [0.4, 0.5) is 0 Å². The standard InChI is InChI=1S/C19H21ClN2O3/c20-14-6-3-5-13(8-14)18-21-15(11-25-18)10-22-16-7-2-1-4-12(16)9-17(22)19(23)24/h3,5-6,8,11-12,16-17H,1-2,4,7,9-10H2,(H,23,24)/t12-,16+,17-/m0/s1. The van der Waals surface area contributed by atoms with E-state index in [0.717, 1.165) is 30.5 Å². The van der Waals surface area contributed by atoms with Crippen molar-refractivity contribution < 1.29 is 14.3 Å². The van der Waals surface area contributed by atoms with E-state index in [2.05, 4.69) is 9.88 Å². The molecule has 0 unspecified atom stereocenters. The first kappa shape index (κ1) is 16.6. The highest BCUT2D eigenvalue weighted by atomic mass is 35.5. The third-order valence-electron chi connectivity index (χ3n) is 5.47. The first-order valence-electron chi connectivity index (χ1n) is 8.80. The molecule has 4 rings (SSSR count). The summed E-state index contributed by atoms with van der Waals surface area (Å²) < 4.78 is 5.60. The average Bonchev–Trinajstić information content (AvgIpc) is 3.21. The lowest BCUT2D eigenvalue weighted by molar-refractivity contribution is -0.142. The smallest absolute Gasteiger partial charge is 0.320 e. The minimum Gasteiger partial charge on any atom is -0.480 e. The minimum absolute atomic E-state index is 0.348. The van der Waals surface area contributed by atoms with Gasteiger partial charge in [-0.3, -0.25) is 9.69 Å². The molecule has 1 aromatic carbocycles. The number of hydrogen-bond acceptors (Lipinski definition) is 4. The quantitative estimate of drug-likeness (QED) is 0.884. The van der Waals surface area contributed by atoms with Crippen molar-refractivity contribution >= 4 is 17.6 Å². The maximum absolute atomic E-state index is 11.7. The summed E-state index contributed by atoms with van der Waals surface area (Å²) in [6, 6.07) is 7.30. The van der Waals surface area contributed by atoms with Crippen molar-refractivity contribution in [1.82, 2.24) is 9.88 Å². The molecule has 1 aromatic heterocycles. The van der Waals surface area contributed by atoms with Gasteiger partial charge in [0.1, 0.15) is 12.3 Å². The van der Waals surface area contributed by atoms with Gasteiger partial charge in [-0.2, -0.15) is 0 Å². The minimum atomic E-state index is -0.729. The van der Waals surface area contributed by atoms with Crippen LogP contribution in [0.2, 0.25) is 5.02 Å². The number of rotatable bonds is 4. The summed E-state index contributed by atoms with van der Waals surface area (Å²) in [5.41, 5.74) is 1.60. The van der Waals surface area contributed by atoms with Crippen molar-refractivity contribution in [1.29, 1.82) is 0 Å². The predicted molar refractivity (Wildman–Crippen MR) is 94.3 cm³/mol. The number of hydrogen-bond donors (Lipinski definition) is 1. The molecule has 25 heavy (non-hydrogen) atoms. The van der Waals surface area contributed by atoms with E-state index in [9.17, 15) is 9.90 Å². The first-order valence-corrected chi connectivity index (χ1v) is 9.18. The van der Waals surface area contributed by atoms with E-state index < -0.39 is 12.0 Å². The van der Waals surface area contributed by atoms with E-state index in [1.54, 1.807) is 12.3 Å². The van der Waals surface area contributed by atoms with E-state index in [1.165, 1.54) is 12.8 Å². The van der Waals surface area contributed by atoms with Crippen LogP contribution in [0.25, 0.3) is 11.5 Å². The Balaban J connectivity index is 1.55. The number of likely N-dealkylation sites (tertiary alicyclic amines) is 1. The Kier molecular flexibility index (Phi) is 4.52. The molecule has 3 atom stereocenters. The Morgan fingerprint density at radius 1 is 1.36 bits per heavy atom. The van der Waals surface area contributed by atoms with Gasteiger partial charge < -0.3 is 9.52 Å². The van der Waals surface area contributed by atoms with Crippen LogP contribution in [0.1, 0.15) is 37.8 Å². The summed E-state index contributed by atoms with van der Waals surface area (Å²) in [6.07, 6.45) is 6.98. The Morgan fingerprint density at radius 2 is 2.20 bits per heavy atom. The number of nitrogens with zero attached hydrogens (tertiary/aromatic N) is 2. The molecule has 0 spiro atoms. The van der Waals surface area contributed by atoms with Crippen LogP contribution in [-0.2, 0) is 11.3 Å². The van der Waals surface area contributed by atoms with Gasteiger partial charge in [0.25, 0.3) is 0 Å². The molecule has 2 heterocycles. The van der Waals surface area contributed by atoms with Crippen LogP contribution in [0.15, 0.2) is 34.9 Å². The normalized spacial score (nSPS) is 26.5. The molecular formula is C19H21ClN2O3. The van der Waals surface area contributed by atoms with Gasteiger partial charge in [-0.1, -0.05) is 30.5 Å². The van der Waals surface area contributed by atoms with Gasteiger partial charge in [0, 0.05) is 23.2 Å². The number of aromatic nitrogens is 1. The summed E-state index contributed by atoms with van der Waals surface area (Å²) in [5, 5.41) is 10.3. The molecule has 2 aliphatic rings. The molecule has 1 aliphatic carbocycles. The third kappa shape index (κ3) is 3.31. The molecule has 1 saturated carbocycles. The van der Waals surface area contributed by atoms with Gasteiger partial charge in [-0.25, -0.2) is 4.98 Å². The fourth-order valence-electron chi connectivity index (χ4n) is 4.34. The van der Waals surface area contributed by atoms with E-state index in [4.69, 9.17) is 16.0 Å². The van der Waals surface area contributed by atoms with Gasteiger partial charge in [-0.05, 0) is 43.4 Å². The van der Waals surface area contributed by atoms with Crippen LogP contribution in [0, 0.1) is 5.92 Å². The van der Waals surface area contributed by atoms with Gasteiger partial charge in [0.15, 0.2) is 0 Å². The van der Waals surface area contributed by atoms with Crippen LogP contribution >= 0.6 is 11.6 Å². The largest absolute Gasteiger partial charge is 0.480 e. The highest BCUT2D eigenvalue weighted by molar-refractivity contribution is 6.30. The van der Waals surface area contributed by atoms with Gasteiger partial charge >= 0.3 is 5.97 Å². The Labute approximate surface area is 151 Å². The molecule has 2 fully saturated rings. The van der Waals surface area contributed by atoms with Crippen molar-refractivity contribution in [3.05, 3.63) is 41.2 Å². The molecule has 2 aromatic rings. The highest BCUT2D eigenvalue weighted by Crippen LogP contribution is 2.40. The van der Waals surface area contributed by atoms with Crippen molar-refractivity contribution in [2.45, 2.75) is 50.7 Å². The second-order valence-corrected chi connectivity index (χ2v) is 7.46. The number of benzene rings is 1.